The molecule has 1 aliphatic heterocycles. The summed E-state index contributed by atoms with van der Waals surface area (Å²) in [6, 6.07) is 9.01. The van der Waals surface area contributed by atoms with Crippen molar-refractivity contribution in [1.29, 1.82) is 0 Å². The van der Waals surface area contributed by atoms with E-state index in [-0.39, 0.29) is 5.91 Å². The van der Waals surface area contributed by atoms with Gasteiger partial charge in [0.2, 0.25) is 0 Å². The summed E-state index contributed by atoms with van der Waals surface area (Å²) in [5.74, 6) is 1.93. The fourth-order valence-electron chi connectivity index (χ4n) is 3.96. The minimum absolute atomic E-state index is 0.0328. The third kappa shape index (κ3) is 3.11. The molecule has 2 aromatic heterocycles. The van der Waals surface area contributed by atoms with Gasteiger partial charge in [0.15, 0.2) is 6.17 Å². The van der Waals surface area contributed by atoms with Crippen molar-refractivity contribution in [2.75, 3.05) is 5.32 Å². The lowest BCUT2D eigenvalue weighted by molar-refractivity contribution is 0.0930. The zero-order valence-corrected chi connectivity index (χ0v) is 17.5. The minimum atomic E-state index is -0.402. The molecule has 4 nitrogen and oxygen atoms in total. The van der Waals surface area contributed by atoms with Gasteiger partial charge in [0.05, 0.1) is 5.56 Å². The summed E-state index contributed by atoms with van der Waals surface area (Å²) < 4.78 is 6.01. The van der Waals surface area contributed by atoms with Gasteiger partial charge in [-0.15, -0.1) is 11.3 Å². The number of fused-ring (bicyclic) bond motifs is 3. The van der Waals surface area contributed by atoms with Crippen molar-refractivity contribution in [2.24, 2.45) is 5.92 Å². The van der Waals surface area contributed by atoms with Crippen LogP contribution in [0.3, 0.4) is 0 Å². The van der Waals surface area contributed by atoms with Crippen molar-refractivity contribution in [2.45, 2.75) is 32.4 Å². The van der Waals surface area contributed by atoms with Crippen LogP contribution in [0.5, 0.6) is 0 Å². The molecule has 0 bridgehead atoms. The molecule has 7 heteroatoms. The van der Waals surface area contributed by atoms with Gasteiger partial charge in [-0.3, -0.25) is 4.79 Å². The first-order valence-electron chi connectivity index (χ1n) is 9.26. The molecule has 0 saturated carbocycles. The Morgan fingerprint density at radius 3 is 2.71 bits per heavy atom. The van der Waals surface area contributed by atoms with Crippen molar-refractivity contribution >= 4 is 45.4 Å². The van der Waals surface area contributed by atoms with Crippen LogP contribution < -0.4 is 10.6 Å². The number of carbonyl (C=O) groups excluding carboxylic acids is 1. The number of benzene rings is 1. The largest absolute Gasteiger partial charge is 0.457 e. The molecule has 1 amide bonds. The summed E-state index contributed by atoms with van der Waals surface area (Å²) in [6.07, 6.45) is 2.76. The fourth-order valence-corrected chi connectivity index (χ4v) is 5.93. The van der Waals surface area contributed by atoms with Crippen LogP contribution in [0.2, 0.25) is 10.0 Å². The van der Waals surface area contributed by atoms with E-state index < -0.39 is 6.17 Å². The topological polar surface area (TPSA) is 54.3 Å². The molecule has 0 fully saturated rings. The maximum absolute atomic E-state index is 12.8. The molecule has 2 unspecified atom stereocenters. The van der Waals surface area contributed by atoms with Gasteiger partial charge >= 0.3 is 0 Å². The van der Waals surface area contributed by atoms with E-state index >= 15 is 0 Å². The van der Waals surface area contributed by atoms with Gasteiger partial charge in [-0.05, 0) is 61.1 Å². The van der Waals surface area contributed by atoms with Crippen LogP contribution in [0.1, 0.15) is 46.1 Å². The maximum Gasteiger partial charge on any atom is 0.256 e. The van der Waals surface area contributed by atoms with Gasteiger partial charge in [0, 0.05) is 20.5 Å². The number of hydrogen-bond acceptors (Lipinski definition) is 4. The van der Waals surface area contributed by atoms with Crippen molar-refractivity contribution < 1.29 is 9.21 Å². The Hall–Kier alpha value is -1.95. The van der Waals surface area contributed by atoms with E-state index in [0.29, 0.717) is 27.5 Å². The van der Waals surface area contributed by atoms with Gasteiger partial charge < -0.3 is 15.1 Å². The standard InChI is InChI=1S/C21H18Cl2N2O2S/c1-10-2-3-14-17(6-10)28-21-18(14)20(26)24-19(25-21)16-5-4-15(27-16)11-7-12(22)9-13(23)8-11/h4-5,7-10,19,25H,2-3,6H2,1H3,(H,24,26). The van der Waals surface area contributed by atoms with E-state index in [2.05, 4.69) is 17.6 Å². The Balaban J connectivity index is 1.45. The molecule has 144 valence electrons. The van der Waals surface area contributed by atoms with Crippen molar-refractivity contribution in [3.05, 3.63) is 62.1 Å². The zero-order chi connectivity index (χ0) is 19.4. The molecule has 0 radical (unpaired) electrons. The van der Waals surface area contributed by atoms with Crippen LogP contribution in [0.4, 0.5) is 5.00 Å². The van der Waals surface area contributed by atoms with Crippen molar-refractivity contribution in [3.63, 3.8) is 0 Å². The lowest BCUT2D eigenvalue weighted by atomic mass is 9.88. The number of nitrogens with one attached hydrogen (secondary N) is 2. The van der Waals surface area contributed by atoms with E-state index in [4.69, 9.17) is 27.6 Å². The second-order valence-electron chi connectivity index (χ2n) is 7.47. The first-order valence-corrected chi connectivity index (χ1v) is 10.8. The predicted molar refractivity (Wildman–Crippen MR) is 114 cm³/mol. The fraction of sp³-hybridized carbons (Fsp3) is 0.286. The summed E-state index contributed by atoms with van der Waals surface area (Å²) in [4.78, 5) is 14.2. The molecule has 2 aliphatic rings. The number of thiophene rings is 1. The van der Waals surface area contributed by atoms with Crippen LogP contribution in [0, 0.1) is 5.92 Å². The second-order valence-corrected chi connectivity index (χ2v) is 9.44. The molecule has 0 saturated heterocycles. The van der Waals surface area contributed by atoms with Gasteiger partial charge in [0.1, 0.15) is 16.5 Å². The molecule has 5 rings (SSSR count). The van der Waals surface area contributed by atoms with Crippen LogP contribution in [-0.2, 0) is 12.8 Å². The molecule has 0 spiro atoms. The van der Waals surface area contributed by atoms with Crippen LogP contribution in [0.15, 0.2) is 34.7 Å². The molecular weight excluding hydrogens is 415 g/mol. The minimum Gasteiger partial charge on any atom is -0.457 e. The quantitative estimate of drug-likeness (QED) is 0.499. The second kappa shape index (κ2) is 6.83. The van der Waals surface area contributed by atoms with E-state index in [9.17, 15) is 4.79 Å². The molecular formula is C21H18Cl2N2O2S. The van der Waals surface area contributed by atoms with Crippen LogP contribution in [-0.4, -0.2) is 5.91 Å². The molecule has 28 heavy (non-hydrogen) atoms. The highest BCUT2D eigenvalue weighted by atomic mass is 35.5. The zero-order valence-electron chi connectivity index (χ0n) is 15.1. The summed E-state index contributed by atoms with van der Waals surface area (Å²) in [7, 11) is 0. The summed E-state index contributed by atoms with van der Waals surface area (Å²) in [5, 5.41) is 8.52. The van der Waals surface area contributed by atoms with Gasteiger partial charge in [-0.1, -0.05) is 30.1 Å². The van der Waals surface area contributed by atoms with E-state index in [1.54, 1.807) is 29.5 Å². The summed E-state index contributed by atoms with van der Waals surface area (Å²) in [5.41, 5.74) is 2.83. The molecule has 1 aromatic carbocycles. The Bertz CT molecular complexity index is 1070. The van der Waals surface area contributed by atoms with E-state index in [1.165, 1.54) is 10.4 Å². The first kappa shape index (κ1) is 18.1. The van der Waals surface area contributed by atoms with Crippen LogP contribution >= 0.6 is 34.5 Å². The Kier molecular flexibility index (Phi) is 4.42. The van der Waals surface area contributed by atoms with Crippen LogP contribution in [0.25, 0.3) is 11.3 Å². The number of hydrogen-bond donors (Lipinski definition) is 2. The lowest BCUT2D eigenvalue weighted by Crippen LogP contribution is -2.38. The normalized spacial score (nSPS) is 20.9. The number of amides is 1. The highest BCUT2D eigenvalue weighted by Gasteiger charge is 2.34. The SMILES string of the molecule is CC1CCc2c(sc3c2C(=O)NC(c2ccc(-c4cc(Cl)cc(Cl)c4)o2)N3)C1. The van der Waals surface area contributed by atoms with Crippen molar-refractivity contribution in [1.82, 2.24) is 5.32 Å². The smallest absolute Gasteiger partial charge is 0.256 e. The monoisotopic (exact) mass is 432 g/mol. The van der Waals surface area contributed by atoms with Gasteiger partial charge in [0.25, 0.3) is 5.91 Å². The third-order valence-corrected chi connectivity index (χ3v) is 6.97. The number of halogens is 2. The highest BCUT2D eigenvalue weighted by Crippen LogP contribution is 2.43. The first-order chi connectivity index (χ1) is 13.5. The van der Waals surface area contributed by atoms with Crippen molar-refractivity contribution in [3.8, 4) is 11.3 Å². The van der Waals surface area contributed by atoms with E-state index in [0.717, 1.165) is 35.4 Å². The average Bonchev–Trinajstić information content (AvgIpc) is 3.25. The number of anilines is 1. The number of furan rings is 1. The highest BCUT2D eigenvalue weighted by molar-refractivity contribution is 7.16. The van der Waals surface area contributed by atoms with Gasteiger partial charge in [-0.25, -0.2) is 0 Å². The summed E-state index contributed by atoms with van der Waals surface area (Å²) in [6.45, 7) is 2.27. The molecule has 1 aliphatic carbocycles. The van der Waals surface area contributed by atoms with E-state index in [1.807, 2.05) is 12.1 Å². The molecule has 2 atom stereocenters. The lowest BCUT2D eigenvalue weighted by Gasteiger charge is -2.25. The molecule has 3 heterocycles. The Labute approximate surface area is 176 Å². The predicted octanol–water partition coefficient (Wildman–Crippen LogP) is 6.29. The Morgan fingerprint density at radius 2 is 1.93 bits per heavy atom. The van der Waals surface area contributed by atoms with Gasteiger partial charge in [-0.2, -0.15) is 0 Å². The number of carbonyl (C=O) groups is 1. The third-order valence-electron chi connectivity index (χ3n) is 5.35. The number of rotatable bonds is 2. The molecule has 3 aromatic rings. The Morgan fingerprint density at radius 1 is 1.14 bits per heavy atom. The average molecular weight is 433 g/mol. The molecule has 2 N–H and O–H groups in total. The maximum atomic E-state index is 12.8. The summed E-state index contributed by atoms with van der Waals surface area (Å²) >= 11 is 13.9.